The van der Waals surface area contributed by atoms with E-state index in [4.69, 9.17) is 0 Å². The van der Waals surface area contributed by atoms with Crippen molar-refractivity contribution in [3.05, 3.63) is 106 Å². The Balaban J connectivity index is 1.72. The summed E-state index contributed by atoms with van der Waals surface area (Å²) < 4.78 is 0. The van der Waals surface area contributed by atoms with Gasteiger partial charge in [-0.1, -0.05) is 78.0 Å². The van der Waals surface area contributed by atoms with E-state index in [0.29, 0.717) is 22.8 Å². The van der Waals surface area contributed by atoms with Crippen molar-refractivity contribution < 1.29 is 9.59 Å². The van der Waals surface area contributed by atoms with Gasteiger partial charge in [0.15, 0.2) is 0 Å². The molecule has 3 aromatic carbocycles. The van der Waals surface area contributed by atoms with Crippen LogP contribution in [0.1, 0.15) is 16.7 Å². The van der Waals surface area contributed by atoms with Crippen LogP contribution in [-0.4, -0.2) is 17.1 Å². The first-order valence-corrected chi connectivity index (χ1v) is 11.5. The first-order chi connectivity index (χ1) is 16.0. The third kappa shape index (κ3) is 4.84. The van der Waals surface area contributed by atoms with Crippen molar-refractivity contribution in [2.75, 3.05) is 10.2 Å². The molecular weight excluding hydrogens is 430 g/mol. The van der Waals surface area contributed by atoms with Crippen LogP contribution in [0.4, 0.5) is 11.4 Å². The first-order valence-electron chi connectivity index (χ1n) is 10.6. The Kier molecular flexibility index (Phi) is 6.62. The zero-order valence-corrected chi connectivity index (χ0v) is 19.2. The lowest BCUT2D eigenvalue weighted by atomic mass is 10.1. The molecular formula is C27H23N3O2S. The van der Waals surface area contributed by atoms with E-state index in [2.05, 4.69) is 5.32 Å². The predicted molar refractivity (Wildman–Crippen MR) is 133 cm³/mol. The van der Waals surface area contributed by atoms with Crippen LogP contribution in [0.5, 0.6) is 0 Å². The molecule has 0 spiro atoms. The molecule has 1 N–H and O–H groups in total. The Morgan fingerprint density at radius 1 is 1.00 bits per heavy atom. The van der Waals surface area contributed by atoms with E-state index in [9.17, 15) is 14.9 Å². The number of thioether (sulfide) groups is 1. The van der Waals surface area contributed by atoms with Crippen LogP contribution in [-0.2, 0) is 16.0 Å². The summed E-state index contributed by atoms with van der Waals surface area (Å²) in [7, 11) is 0. The number of para-hydroxylation sites is 2. The van der Waals surface area contributed by atoms with E-state index >= 15 is 0 Å². The molecule has 0 unspecified atom stereocenters. The predicted octanol–water partition coefficient (Wildman–Crippen LogP) is 5.37. The second kappa shape index (κ2) is 9.76. The summed E-state index contributed by atoms with van der Waals surface area (Å²) >= 11 is 1.27. The summed E-state index contributed by atoms with van der Waals surface area (Å²) in [5, 5.41) is 12.7. The van der Waals surface area contributed by atoms with E-state index in [1.807, 2.05) is 80.6 Å². The van der Waals surface area contributed by atoms with E-state index in [0.717, 1.165) is 16.7 Å². The average Bonchev–Trinajstić information content (AvgIpc) is 3.13. The van der Waals surface area contributed by atoms with Crippen molar-refractivity contribution in [2.24, 2.45) is 0 Å². The standard InChI is InChI=1S/C27H23N3O2S/c1-18-12-14-20(15-13-18)16-24-26(32)30(21-9-4-3-5-10-21)27(33-24)22(17-28)25(31)29-23-11-7-6-8-19(23)2/h3-15,24H,16H2,1-2H3,(H,29,31)/b27-22-/t24-/m1/s1. The molecule has 4 rings (SSSR count). The number of nitrogens with zero attached hydrogens (tertiary/aromatic N) is 2. The molecule has 1 aliphatic rings. The molecule has 0 bridgehead atoms. The van der Waals surface area contributed by atoms with Gasteiger partial charge in [-0.05, 0) is 49.6 Å². The molecule has 1 aliphatic heterocycles. The summed E-state index contributed by atoms with van der Waals surface area (Å²) in [4.78, 5) is 28.1. The molecule has 1 atom stereocenters. The molecule has 0 saturated carbocycles. The van der Waals surface area contributed by atoms with Crippen LogP contribution >= 0.6 is 11.8 Å². The van der Waals surface area contributed by atoms with Gasteiger partial charge in [-0.15, -0.1) is 0 Å². The van der Waals surface area contributed by atoms with Crippen molar-refractivity contribution >= 4 is 35.0 Å². The van der Waals surface area contributed by atoms with Gasteiger partial charge in [0, 0.05) is 11.4 Å². The molecule has 1 saturated heterocycles. The lowest BCUT2D eigenvalue weighted by Crippen LogP contribution is -2.30. The largest absolute Gasteiger partial charge is 0.321 e. The highest BCUT2D eigenvalue weighted by Gasteiger charge is 2.40. The Morgan fingerprint density at radius 2 is 1.67 bits per heavy atom. The number of anilines is 2. The minimum atomic E-state index is -0.529. The zero-order chi connectivity index (χ0) is 23.4. The lowest BCUT2D eigenvalue weighted by Gasteiger charge is -2.18. The van der Waals surface area contributed by atoms with E-state index in [-0.39, 0.29) is 11.5 Å². The molecule has 2 amide bonds. The number of nitrogens with one attached hydrogen (secondary N) is 1. The summed E-state index contributed by atoms with van der Waals surface area (Å²) in [5.74, 6) is -0.669. The van der Waals surface area contributed by atoms with Crippen molar-refractivity contribution in [1.82, 2.24) is 0 Å². The number of amides is 2. The van der Waals surface area contributed by atoms with Crippen molar-refractivity contribution in [2.45, 2.75) is 25.5 Å². The summed E-state index contributed by atoms with van der Waals surface area (Å²) in [6.07, 6.45) is 0.509. The molecule has 0 aromatic heterocycles. The van der Waals surface area contributed by atoms with Gasteiger partial charge < -0.3 is 5.32 Å². The number of carbonyl (C=O) groups excluding carboxylic acids is 2. The second-order valence-corrected chi connectivity index (χ2v) is 9.06. The van der Waals surface area contributed by atoms with Gasteiger partial charge in [0.05, 0.1) is 5.25 Å². The molecule has 6 heteroatoms. The van der Waals surface area contributed by atoms with Crippen LogP contribution in [0.15, 0.2) is 89.5 Å². The Hall–Kier alpha value is -3.82. The maximum Gasteiger partial charge on any atom is 0.269 e. The maximum absolute atomic E-state index is 13.5. The molecule has 0 radical (unpaired) electrons. The fourth-order valence-electron chi connectivity index (χ4n) is 3.64. The van der Waals surface area contributed by atoms with Gasteiger partial charge in [-0.3, -0.25) is 14.5 Å². The summed E-state index contributed by atoms with van der Waals surface area (Å²) in [6, 6.07) is 26.6. The second-order valence-electron chi connectivity index (χ2n) is 7.87. The number of hydrogen-bond donors (Lipinski definition) is 1. The Bertz CT molecular complexity index is 1260. The van der Waals surface area contributed by atoms with Crippen molar-refractivity contribution in [3.63, 3.8) is 0 Å². The van der Waals surface area contributed by atoms with Crippen LogP contribution in [0.3, 0.4) is 0 Å². The van der Waals surface area contributed by atoms with Gasteiger partial charge in [-0.25, -0.2) is 0 Å². The monoisotopic (exact) mass is 453 g/mol. The minimum Gasteiger partial charge on any atom is -0.321 e. The molecule has 1 fully saturated rings. The molecule has 5 nitrogen and oxygen atoms in total. The van der Waals surface area contributed by atoms with Crippen molar-refractivity contribution in [1.29, 1.82) is 5.26 Å². The van der Waals surface area contributed by atoms with Crippen LogP contribution in [0, 0.1) is 25.2 Å². The highest BCUT2D eigenvalue weighted by Crippen LogP contribution is 2.42. The number of rotatable bonds is 5. The highest BCUT2D eigenvalue weighted by molar-refractivity contribution is 8.05. The van der Waals surface area contributed by atoms with Gasteiger partial charge >= 0.3 is 0 Å². The normalized spacial score (nSPS) is 16.9. The van der Waals surface area contributed by atoms with Gasteiger partial charge in [-0.2, -0.15) is 5.26 Å². The smallest absolute Gasteiger partial charge is 0.269 e. The Morgan fingerprint density at radius 3 is 2.33 bits per heavy atom. The molecule has 33 heavy (non-hydrogen) atoms. The van der Waals surface area contributed by atoms with Crippen LogP contribution in [0.25, 0.3) is 0 Å². The third-order valence-corrected chi connectivity index (χ3v) is 6.72. The van der Waals surface area contributed by atoms with Gasteiger partial charge in [0.2, 0.25) is 5.91 Å². The third-order valence-electron chi connectivity index (χ3n) is 5.45. The number of nitriles is 1. The van der Waals surface area contributed by atoms with Gasteiger partial charge in [0.1, 0.15) is 16.7 Å². The minimum absolute atomic E-state index is 0.0770. The fraction of sp³-hybridized carbons (Fsp3) is 0.148. The number of benzene rings is 3. The fourth-order valence-corrected chi connectivity index (χ4v) is 4.94. The quantitative estimate of drug-likeness (QED) is 0.416. The van der Waals surface area contributed by atoms with Crippen LogP contribution in [0.2, 0.25) is 0 Å². The van der Waals surface area contributed by atoms with Gasteiger partial charge in [0.25, 0.3) is 5.91 Å². The number of carbonyl (C=O) groups is 2. The summed E-state index contributed by atoms with van der Waals surface area (Å²) in [6.45, 7) is 3.90. The van der Waals surface area contributed by atoms with E-state index < -0.39 is 11.2 Å². The lowest BCUT2D eigenvalue weighted by molar-refractivity contribution is -0.117. The SMILES string of the molecule is Cc1ccc(C[C@H]2S/C(=C(/C#N)C(=O)Nc3ccccc3C)N(c3ccccc3)C2=O)cc1. The average molecular weight is 454 g/mol. The summed E-state index contributed by atoms with van der Waals surface area (Å²) in [5.41, 5.74) is 4.26. The molecule has 164 valence electrons. The Labute approximate surface area is 197 Å². The molecule has 1 heterocycles. The highest BCUT2D eigenvalue weighted by atomic mass is 32.2. The topological polar surface area (TPSA) is 73.2 Å². The van der Waals surface area contributed by atoms with Crippen molar-refractivity contribution in [3.8, 4) is 6.07 Å². The van der Waals surface area contributed by atoms with E-state index in [1.165, 1.54) is 16.7 Å². The first kappa shape index (κ1) is 22.4. The van der Waals surface area contributed by atoms with E-state index in [1.54, 1.807) is 18.2 Å². The van der Waals surface area contributed by atoms with Crippen LogP contribution < -0.4 is 10.2 Å². The molecule has 0 aliphatic carbocycles. The molecule has 3 aromatic rings. The number of hydrogen-bond acceptors (Lipinski definition) is 4. The number of aryl methyl sites for hydroxylation is 2. The zero-order valence-electron chi connectivity index (χ0n) is 18.4. The maximum atomic E-state index is 13.5.